The average Bonchev–Trinajstić information content (AvgIpc) is 2.85. The van der Waals surface area contributed by atoms with Gasteiger partial charge in [0, 0.05) is 19.3 Å². The van der Waals surface area contributed by atoms with E-state index in [-0.39, 0.29) is 48.7 Å². The van der Waals surface area contributed by atoms with E-state index in [0.717, 1.165) is 13.1 Å². The molecule has 9 heteroatoms. The molecule has 1 fully saturated rings. The Kier molecular flexibility index (Phi) is 6.73. The van der Waals surface area contributed by atoms with Crippen LogP contribution in [0, 0.1) is 5.82 Å². The summed E-state index contributed by atoms with van der Waals surface area (Å²) >= 11 is 0. The Bertz CT molecular complexity index is 634. The van der Waals surface area contributed by atoms with Crippen molar-refractivity contribution in [2.45, 2.75) is 12.5 Å². The first-order valence-electron chi connectivity index (χ1n) is 6.28. The molecular weight excluding hydrogens is 334 g/mol. The summed E-state index contributed by atoms with van der Waals surface area (Å²) in [5.41, 5.74) is 0.184. The van der Waals surface area contributed by atoms with Gasteiger partial charge in [0.25, 0.3) is 5.91 Å². The molecule has 120 valence electrons. The summed E-state index contributed by atoms with van der Waals surface area (Å²) in [5.74, 6) is 0.0265. The summed E-state index contributed by atoms with van der Waals surface area (Å²) in [5, 5.41) is 5.65. The van der Waals surface area contributed by atoms with Crippen LogP contribution < -0.4 is 10.6 Å². The van der Waals surface area contributed by atoms with Crippen LogP contribution in [0.1, 0.15) is 28.1 Å². The Morgan fingerprint density at radius 1 is 1.41 bits per heavy atom. The second-order valence-corrected chi connectivity index (χ2v) is 4.53. The number of amides is 1. The van der Waals surface area contributed by atoms with Crippen LogP contribution in [-0.4, -0.2) is 29.0 Å². The number of nitrogens with zero attached hydrogens (tertiary/aromatic N) is 2. The summed E-state index contributed by atoms with van der Waals surface area (Å²) < 4.78 is 18.7. The van der Waals surface area contributed by atoms with Crippen molar-refractivity contribution in [3.63, 3.8) is 0 Å². The summed E-state index contributed by atoms with van der Waals surface area (Å²) in [6.45, 7) is 1.62. The Balaban J connectivity index is 0.00000121. The zero-order chi connectivity index (χ0) is 13.9. The van der Waals surface area contributed by atoms with E-state index in [1.54, 1.807) is 0 Å². The highest BCUT2D eigenvalue weighted by Crippen LogP contribution is 2.19. The largest absolute Gasteiger partial charge is 0.435 e. The molecule has 0 unspecified atom stereocenters. The number of hydrogen-bond acceptors (Lipinski definition) is 5. The molecule has 2 aromatic rings. The van der Waals surface area contributed by atoms with Gasteiger partial charge >= 0.3 is 0 Å². The van der Waals surface area contributed by atoms with Crippen LogP contribution in [0.2, 0.25) is 0 Å². The minimum Gasteiger partial charge on any atom is -0.435 e. The van der Waals surface area contributed by atoms with Crippen molar-refractivity contribution >= 4 is 30.7 Å². The summed E-state index contributed by atoms with van der Waals surface area (Å²) in [4.78, 5) is 19.8. The highest BCUT2D eigenvalue weighted by molar-refractivity contribution is 5.91. The number of aromatic nitrogens is 2. The van der Waals surface area contributed by atoms with Gasteiger partial charge < -0.3 is 15.1 Å². The minimum atomic E-state index is -0.452. The van der Waals surface area contributed by atoms with Gasteiger partial charge in [0.05, 0.1) is 24.4 Å². The molecule has 3 rings (SSSR count). The maximum absolute atomic E-state index is 13.3. The van der Waals surface area contributed by atoms with Gasteiger partial charge in [-0.3, -0.25) is 9.78 Å². The van der Waals surface area contributed by atoms with Crippen molar-refractivity contribution in [3.8, 4) is 0 Å². The topological polar surface area (TPSA) is 80.0 Å². The summed E-state index contributed by atoms with van der Waals surface area (Å²) in [6.07, 6.45) is 2.86. The molecule has 0 saturated carbocycles. The fourth-order valence-corrected chi connectivity index (χ4v) is 1.84. The monoisotopic (exact) mass is 348 g/mol. The first kappa shape index (κ1) is 18.3. The molecule has 0 spiro atoms. The third-order valence-electron chi connectivity index (χ3n) is 3.13. The normalized spacial score (nSPS) is 13.5. The second kappa shape index (κ2) is 8.07. The van der Waals surface area contributed by atoms with Crippen molar-refractivity contribution in [3.05, 3.63) is 47.7 Å². The van der Waals surface area contributed by atoms with E-state index in [1.165, 1.54) is 24.5 Å². The Morgan fingerprint density at radius 3 is 2.82 bits per heavy atom. The van der Waals surface area contributed by atoms with Crippen LogP contribution >= 0.6 is 24.8 Å². The predicted octanol–water partition coefficient (Wildman–Crippen LogP) is 1.67. The molecule has 1 aliphatic heterocycles. The van der Waals surface area contributed by atoms with Crippen LogP contribution in [-0.2, 0) is 6.54 Å². The van der Waals surface area contributed by atoms with Gasteiger partial charge in [-0.2, -0.15) is 0 Å². The third-order valence-corrected chi connectivity index (χ3v) is 3.13. The maximum Gasteiger partial charge on any atom is 0.289 e. The van der Waals surface area contributed by atoms with E-state index in [1.807, 2.05) is 0 Å². The summed E-state index contributed by atoms with van der Waals surface area (Å²) in [7, 11) is 0. The molecule has 0 aromatic carbocycles. The van der Waals surface area contributed by atoms with Crippen molar-refractivity contribution < 1.29 is 13.6 Å². The Morgan fingerprint density at radius 2 is 2.18 bits per heavy atom. The number of oxazole rings is 1. The van der Waals surface area contributed by atoms with Crippen LogP contribution in [0.5, 0.6) is 0 Å². The number of carbonyl (C=O) groups is 1. The van der Waals surface area contributed by atoms with E-state index >= 15 is 0 Å². The molecular formula is C13H15Cl2FN4O2. The van der Waals surface area contributed by atoms with Gasteiger partial charge in [-0.25, -0.2) is 9.37 Å². The number of pyridine rings is 1. The number of nitrogens with one attached hydrogen (secondary N) is 2. The van der Waals surface area contributed by atoms with E-state index in [9.17, 15) is 9.18 Å². The number of halogens is 3. The molecule has 6 nitrogen and oxygen atoms in total. The number of rotatable bonds is 4. The smallest absolute Gasteiger partial charge is 0.289 e. The molecule has 22 heavy (non-hydrogen) atoms. The van der Waals surface area contributed by atoms with E-state index in [4.69, 9.17) is 4.42 Å². The molecule has 0 bridgehead atoms. The number of carbonyl (C=O) groups excluding carboxylic acids is 1. The van der Waals surface area contributed by atoms with Gasteiger partial charge in [-0.05, 0) is 12.1 Å². The molecule has 1 aliphatic rings. The third kappa shape index (κ3) is 3.94. The van der Waals surface area contributed by atoms with Crippen molar-refractivity contribution in [2.75, 3.05) is 13.1 Å². The molecule has 0 aliphatic carbocycles. The Labute approximate surface area is 138 Å². The molecule has 1 amide bonds. The van der Waals surface area contributed by atoms with Gasteiger partial charge in [0.1, 0.15) is 5.82 Å². The summed E-state index contributed by atoms with van der Waals surface area (Å²) in [6, 6.07) is 2.79. The molecule has 2 aromatic heterocycles. The lowest BCUT2D eigenvalue weighted by Gasteiger charge is -2.23. The predicted molar refractivity (Wildman–Crippen MR) is 82.0 cm³/mol. The maximum atomic E-state index is 13.3. The lowest BCUT2D eigenvalue weighted by atomic mass is 10.0. The molecule has 0 radical (unpaired) electrons. The minimum absolute atomic E-state index is 0. The second-order valence-electron chi connectivity index (χ2n) is 4.53. The Hall–Kier alpha value is -1.70. The lowest BCUT2D eigenvalue weighted by molar-refractivity contribution is 0.0919. The quantitative estimate of drug-likeness (QED) is 0.878. The van der Waals surface area contributed by atoms with Crippen LogP contribution in [0.15, 0.2) is 28.9 Å². The van der Waals surface area contributed by atoms with Gasteiger partial charge in [0.15, 0.2) is 0 Å². The lowest BCUT2D eigenvalue weighted by Crippen LogP contribution is -2.40. The van der Waals surface area contributed by atoms with Gasteiger partial charge in [-0.1, -0.05) is 0 Å². The van der Waals surface area contributed by atoms with Crippen molar-refractivity contribution in [1.82, 2.24) is 20.6 Å². The van der Waals surface area contributed by atoms with E-state index < -0.39 is 11.7 Å². The molecule has 2 N–H and O–H groups in total. The van der Waals surface area contributed by atoms with Crippen molar-refractivity contribution in [1.29, 1.82) is 0 Å². The van der Waals surface area contributed by atoms with E-state index in [2.05, 4.69) is 20.6 Å². The highest BCUT2D eigenvalue weighted by atomic mass is 35.5. The number of hydrogen-bond donors (Lipinski definition) is 2. The van der Waals surface area contributed by atoms with Gasteiger partial charge in [-0.15, -0.1) is 24.8 Å². The fourth-order valence-electron chi connectivity index (χ4n) is 1.84. The standard InChI is InChI=1S/C13H13FN4O2.2ClH/c14-9-2-1-3-16-10(9)6-17-12(19)11-7-18-13(20-11)8-4-15-5-8;;/h1-3,7-8,15H,4-6H2,(H,17,19);2*1H. The molecule has 3 heterocycles. The molecule has 1 saturated heterocycles. The van der Waals surface area contributed by atoms with Gasteiger partial charge in [0.2, 0.25) is 11.7 Å². The van der Waals surface area contributed by atoms with Crippen molar-refractivity contribution in [2.24, 2.45) is 0 Å². The SMILES string of the molecule is Cl.Cl.O=C(NCc1ncccc1F)c1cnc(C2CNC2)o1. The average molecular weight is 349 g/mol. The fraction of sp³-hybridized carbons (Fsp3) is 0.308. The molecule has 0 atom stereocenters. The first-order chi connectivity index (χ1) is 9.74. The van der Waals surface area contributed by atoms with Crippen LogP contribution in [0.3, 0.4) is 0 Å². The first-order valence-corrected chi connectivity index (χ1v) is 6.28. The van der Waals surface area contributed by atoms with Crippen LogP contribution in [0.25, 0.3) is 0 Å². The van der Waals surface area contributed by atoms with Crippen LogP contribution in [0.4, 0.5) is 4.39 Å². The zero-order valence-corrected chi connectivity index (χ0v) is 13.0. The zero-order valence-electron chi connectivity index (χ0n) is 11.4. The van der Waals surface area contributed by atoms with E-state index in [0.29, 0.717) is 5.89 Å². The highest BCUT2D eigenvalue weighted by Gasteiger charge is 2.25.